The molecule has 1 N–H and O–H groups in total. The van der Waals surface area contributed by atoms with Gasteiger partial charge in [-0.15, -0.1) is 0 Å². The van der Waals surface area contributed by atoms with Crippen LogP contribution < -0.4 is 5.46 Å². The lowest BCUT2D eigenvalue weighted by molar-refractivity contribution is 0.00578. The minimum absolute atomic E-state index is 0.338. The first kappa shape index (κ1) is 12.6. The number of aromatic amines is 1. The SMILES string of the molecule is Cc1c(B2OC(C)(C)C(C)(C)O2)cnc2[nH]ncc12. The fraction of sp³-hybridized carbons (Fsp3) is 0.538. The molecule has 6 heteroatoms. The fourth-order valence-electron chi connectivity index (χ4n) is 2.25. The minimum Gasteiger partial charge on any atom is -0.399 e. The largest absolute Gasteiger partial charge is 0.496 e. The van der Waals surface area contributed by atoms with E-state index in [2.05, 4.69) is 15.2 Å². The van der Waals surface area contributed by atoms with Crippen molar-refractivity contribution in [2.45, 2.75) is 45.8 Å². The van der Waals surface area contributed by atoms with E-state index in [0.717, 1.165) is 22.1 Å². The van der Waals surface area contributed by atoms with Crippen LogP contribution >= 0.6 is 0 Å². The van der Waals surface area contributed by atoms with Crippen molar-refractivity contribution in [1.82, 2.24) is 15.2 Å². The maximum absolute atomic E-state index is 6.06. The summed E-state index contributed by atoms with van der Waals surface area (Å²) in [5, 5.41) is 7.89. The Morgan fingerprint density at radius 1 is 1.11 bits per heavy atom. The van der Waals surface area contributed by atoms with Crippen LogP contribution in [-0.2, 0) is 9.31 Å². The minimum atomic E-state index is -0.378. The third kappa shape index (κ3) is 1.78. The topological polar surface area (TPSA) is 60.0 Å². The van der Waals surface area contributed by atoms with Crippen molar-refractivity contribution in [3.63, 3.8) is 0 Å². The summed E-state index contributed by atoms with van der Waals surface area (Å²) >= 11 is 0. The molecule has 100 valence electrons. The fourth-order valence-corrected chi connectivity index (χ4v) is 2.25. The molecule has 3 heterocycles. The number of nitrogens with one attached hydrogen (secondary N) is 1. The second-order valence-corrected chi connectivity index (χ2v) is 6.06. The average molecular weight is 259 g/mol. The summed E-state index contributed by atoms with van der Waals surface area (Å²) in [5.74, 6) is 0. The number of aromatic nitrogens is 3. The Hall–Kier alpha value is -1.40. The van der Waals surface area contributed by atoms with Gasteiger partial charge in [0, 0.05) is 17.0 Å². The van der Waals surface area contributed by atoms with Crippen LogP contribution in [0.25, 0.3) is 11.0 Å². The third-order valence-electron chi connectivity index (χ3n) is 4.30. The summed E-state index contributed by atoms with van der Waals surface area (Å²) in [7, 11) is -0.378. The first-order chi connectivity index (χ1) is 8.82. The van der Waals surface area contributed by atoms with Crippen LogP contribution in [0, 0.1) is 6.92 Å². The normalized spacial score (nSPS) is 21.2. The molecular formula is C13H18BN3O2. The molecule has 1 saturated heterocycles. The van der Waals surface area contributed by atoms with Gasteiger partial charge in [0.1, 0.15) is 0 Å². The van der Waals surface area contributed by atoms with Crippen LogP contribution in [-0.4, -0.2) is 33.5 Å². The first-order valence-corrected chi connectivity index (χ1v) is 6.46. The molecule has 0 amide bonds. The first-order valence-electron chi connectivity index (χ1n) is 6.46. The number of hydrogen-bond acceptors (Lipinski definition) is 4. The summed E-state index contributed by atoms with van der Waals surface area (Å²) in [4.78, 5) is 4.36. The Bertz CT molecular complexity index is 620. The molecule has 2 aromatic rings. The Balaban J connectivity index is 2.04. The molecule has 2 aromatic heterocycles. The molecule has 0 aromatic carbocycles. The zero-order valence-electron chi connectivity index (χ0n) is 11.9. The highest BCUT2D eigenvalue weighted by Crippen LogP contribution is 2.36. The average Bonchev–Trinajstić information content (AvgIpc) is 2.83. The smallest absolute Gasteiger partial charge is 0.399 e. The number of hydrogen-bond donors (Lipinski definition) is 1. The van der Waals surface area contributed by atoms with E-state index >= 15 is 0 Å². The van der Waals surface area contributed by atoms with Crippen LogP contribution in [0.1, 0.15) is 33.3 Å². The van der Waals surface area contributed by atoms with Crippen LogP contribution in [0.3, 0.4) is 0 Å². The highest BCUT2D eigenvalue weighted by Gasteiger charge is 2.52. The van der Waals surface area contributed by atoms with Crippen molar-refractivity contribution in [1.29, 1.82) is 0 Å². The second-order valence-electron chi connectivity index (χ2n) is 6.06. The van der Waals surface area contributed by atoms with Crippen LogP contribution in [0.2, 0.25) is 0 Å². The number of rotatable bonds is 1. The predicted molar refractivity (Wildman–Crippen MR) is 74.3 cm³/mol. The van der Waals surface area contributed by atoms with Gasteiger partial charge in [0.15, 0.2) is 5.65 Å². The summed E-state index contributed by atoms with van der Waals surface area (Å²) in [6.07, 6.45) is 3.59. The van der Waals surface area contributed by atoms with Gasteiger partial charge in [-0.25, -0.2) is 4.98 Å². The van der Waals surface area contributed by atoms with E-state index < -0.39 is 0 Å². The maximum atomic E-state index is 6.06. The highest BCUT2D eigenvalue weighted by atomic mass is 16.7. The van der Waals surface area contributed by atoms with Gasteiger partial charge in [0.25, 0.3) is 0 Å². The Morgan fingerprint density at radius 2 is 1.74 bits per heavy atom. The molecule has 0 radical (unpaired) electrons. The van der Waals surface area contributed by atoms with Crippen LogP contribution in [0.4, 0.5) is 0 Å². The lowest BCUT2D eigenvalue weighted by Crippen LogP contribution is -2.41. The van der Waals surface area contributed by atoms with E-state index in [1.807, 2.05) is 34.6 Å². The molecule has 0 atom stereocenters. The maximum Gasteiger partial charge on any atom is 0.496 e. The molecule has 1 fully saturated rings. The molecule has 19 heavy (non-hydrogen) atoms. The van der Waals surface area contributed by atoms with E-state index in [9.17, 15) is 0 Å². The summed E-state index contributed by atoms with van der Waals surface area (Å²) in [6, 6.07) is 0. The Kier molecular flexibility index (Phi) is 2.53. The summed E-state index contributed by atoms with van der Waals surface area (Å²) < 4.78 is 12.1. The molecular weight excluding hydrogens is 241 g/mol. The van der Waals surface area contributed by atoms with E-state index in [-0.39, 0.29) is 18.3 Å². The van der Waals surface area contributed by atoms with Crippen molar-refractivity contribution in [3.8, 4) is 0 Å². The number of aryl methyl sites for hydroxylation is 1. The van der Waals surface area contributed by atoms with Gasteiger partial charge in [-0.1, -0.05) is 0 Å². The van der Waals surface area contributed by atoms with Gasteiger partial charge in [-0.05, 0) is 40.2 Å². The lowest BCUT2D eigenvalue weighted by Gasteiger charge is -2.32. The zero-order valence-corrected chi connectivity index (χ0v) is 11.9. The number of nitrogens with zero attached hydrogens (tertiary/aromatic N) is 2. The van der Waals surface area contributed by atoms with Gasteiger partial charge in [0.05, 0.1) is 17.4 Å². The van der Waals surface area contributed by atoms with Crippen LogP contribution in [0.5, 0.6) is 0 Å². The molecule has 0 spiro atoms. The van der Waals surface area contributed by atoms with Crippen molar-refractivity contribution >= 4 is 23.6 Å². The van der Waals surface area contributed by atoms with Crippen molar-refractivity contribution < 1.29 is 9.31 Å². The van der Waals surface area contributed by atoms with Gasteiger partial charge < -0.3 is 9.31 Å². The molecule has 0 unspecified atom stereocenters. The van der Waals surface area contributed by atoms with Gasteiger partial charge >= 0.3 is 7.12 Å². The van der Waals surface area contributed by atoms with Gasteiger partial charge in [-0.3, -0.25) is 5.10 Å². The van der Waals surface area contributed by atoms with Crippen molar-refractivity contribution in [3.05, 3.63) is 18.0 Å². The number of pyridine rings is 1. The molecule has 0 saturated carbocycles. The quantitative estimate of drug-likeness (QED) is 0.789. The molecule has 3 rings (SSSR count). The van der Waals surface area contributed by atoms with E-state index in [1.165, 1.54) is 0 Å². The number of H-pyrrole nitrogens is 1. The number of fused-ring (bicyclic) bond motifs is 1. The third-order valence-corrected chi connectivity index (χ3v) is 4.30. The predicted octanol–water partition coefficient (Wildman–Crippen LogP) is 1.57. The molecule has 1 aliphatic heterocycles. The van der Waals surface area contributed by atoms with E-state index in [0.29, 0.717) is 0 Å². The van der Waals surface area contributed by atoms with Crippen LogP contribution in [0.15, 0.2) is 12.4 Å². The molecule has 0 bridgehead atoms. The lowest BCUT2D eigenvalue weighted by atomic mass is 9.77. The highest BCUT2D eigenvalue weighted by molar-refractivity contribution is 6.62. The molecule has 5 nitrogen and oxygen atoms in total. The van der Waals surface area contributed by atoms with E-state index in [4.69, 9.17) is 9.31 Å². The Labute approximate surface area is 112 Å². The second kappa shape index (κ2) is 3.80. The van der Waals surface area contributed by atoms with E-state index in [1.54, 1.807) is 12.4 Å². The summed E-state index contributed by atoms with van der Waals surface area (Å²) in [6.45, 7) is 10.2. The monoisotopic (exact) mass is 259 g/mol. The van der Waals surface area contributed by atoms with Crippen molar-refractivity contribution in [2.24, 2.45) is 0 Å². The zero-order chi connectivity index (χ0) is 13.8. The molecule has 0 aliphatic carbocycles. The Morgan fingerprint density at radius 3 is 2.37 bits per heavy atom. The molecule has 1 aliphatic rings. The summed E-state index contributed by atoms with van der Waals surface area (Å²) in [5.41, 5.74) is 2.17. The van der Waals surface area contributed by atoms with Crippen molar-refractivity contribution in [2.75, 3.05) is 0 Å². The van der Waals surface area contributed by atoms with Gasteiger partial charge in [-0.2, -0.15) is 5.10 Å². The standard InChI is InChI=1S/C13H18BN3O2/c1-8-9-6-16-17-11(9)15-7-10(8)14-18-12(2,3)13(4,5)19-14/h6-7H,1-5H3,(H,15,16,17). The van der Waals surface area contributed by atoms with Gasteiger partial charge in [0.2, 0.25) is 0 Å².